The summed E-state index contributed by atoms with van der Waals surface area (Å²) in [5, 5.41) is 10.7. The molecular weight excluding hydrogens is 302 g/mol. The predicted octanol–water partition coefficient (Wildman–Crippen LogP) is 2.83. The minimum Gasteiger partial charge on any atom is -0.387 e. The summed E-state index contributed by atoms with van der Waals surface area (Å²) in [4.78, 5) is 2.51. The highest BCUT2D eigenvalue weighted by atomic mass is 16.5. The van der Waals surface area contributed by atoms with Crippen LogP contribution in [0.3, 0.4) is 0 Å². The Labute approximate surface area is 145 Å². The van der Waals surface area contributed by atoms with Gasteiger partial charge in [-0.3, -0.25) is 4.90 Å². The fourth-order valence-electron chi connectivity index (χ4n) is 4.24. The zero-order valence-electron chi connectivity index (χ0n) is 15.3. The van der Waals surface area contributed by atoms with Gasteiger partial charge in [0.25, 0.3) is 0 Å². The monoisotopic (exact) mass is 333 g/mol. The Morgan fingerprint density at radius 1 is 1.21 bits per heavy atom. The van der Waals surface area contributed by atoms with E-state index in [2.05, 4.69) is 36.9 Å². The van der Waals surface area contributed by atoms with Gasteiger partial charge in [0, 0.05) is 39.6 Å². The number of aliphatic hydroxyl groups is 1. The van der Waals surface area contributed by atoms with E-state index in [1.807, 2.05) is 0 Å². The molecule has 2 saturated heterocycles. The number of hydrogen-bond donors (Lipinski definition) is 1. The van der Waals surface area contributed by atoms with Crippen LogP contribution in [0.5, 0.6) is 0 Å². The molecule has 1 unspecified atom stereocenters. The number of nitrogens with zero attached hydrogens (tertiary/aromatic N) is 1. The molecule has 1 aromatic carbocycles. The van der Waals surface area contributed by atoms with Crippen molar-refractivity contribution >= 4 is 0 Å². The maximum Gasteiger partial charge on any atom is 0.0929 e. The molecular formula is C20H31NO3. The Morgan fingerprint density at radius 3 is 2.67 bits per heavy atom. The van der Waals surface area contributed by atoms with Gasteiger partial charge >= 0.3 is 0 Å². The van der Waals surface area contributed by atoms with Crippen LogP contribution in [0.25, 0.3) is 0 Å². The molecule has 0 radical (unpaired) electrons. The fraction of sp³-hybridized carbons (Fsp3) is 0.700. The van der Waals surface area contributed by atoms with Crippen molar-refractivity contribution < 1.29 is 14.6 Å². The molecule has 0 saturated carbocycles. The van der Waals surface area contributed by atoms with E-state index >= 15 is 0 Å². The Bertz CT molecular complexity index is 562. The quantitative estimate of drug-likeness (QED) is 0.920. The largest absolute Gasteiger partial charge is 0.387 e. The third kappa shape index (κ3) is 3.99. The van der Waals surface area contributed by atoms with E-state index in [4.69, 9.17) is 9.47 Å². The molecule has 0 amide bonds. The van der Waals surface area contributed by atoms with Crippen molar-refractivity contribution in [3.8, 4) is 0 Å². The molecule has 0 bridgehead atoms. The smallest absolute Gasteiger partial charge is 0.0929 e. The molecule has 4 nitrogen and oxygen atoms in total. The van der Waals surface area contributed by atoms with Crippen molar-refractivity contribution in [2.75, 3.05) is 33.4 Å². The summed E-state index contributed by atoms with van der Waals surface area (Å²) < 4.78 is 11.4. The first-order valence-electron chi connectivity index (χ1n) is 9.07. The Balaban J connectivity index is 1.60. The van der Waals surface area contributed by atoms with Gasteiger partial charge in [0.15, 0.2) is 0 Å². The van der Waals surface area contributed by atoms with Gasteiger partial charge in [-0.1, -0.05) is 23.8 Å². The molecule has 24 heavy (non-hydrogen) atoms. The van der Waals surface area contributed by atoms with E-state index in [1.54, 1.807) is 7.11 Å². The number of ether oxygens (including phenoxy) is 2. The lowest BCUT2D eigenvalue weighted by Gasteiger charge is -2.49. The van der Waals surface area contributed by atoms with Crippen LogP contribution in [0.1, 0.15) is 42.4 Å². The molecule has 2 aliphatic heterocycles. The van der Waals surface area contributed by atoms with E-state index in [-0.39, 0.29) is 5.60 Å². The molecule has 134 valence electrons. The summed E-state index contributed by atoms with van der Waals surface area (Å²) in [7, 11) is 1.66. The van der Waals surface area contributed by atoms with Crippen molar-refractivity contribution in [2.45, 2.75) is 57.3 Å². The van der Waals surface area contributed by atoms with Gasteiger partial charge in [-0.2, -0.15) is 0 Å². The van der Waals surface area contributed by atoms with Crippen LogP contribution in [0.15, 0.2) is 18.2 Å². The van der Waals surface area contributed by atoms with Gasteiger partial charge in [-0.25, -0.2) is 0 Å². The average molecular weight is 333 g/mol. The SMILES string of the molecule is COCC1(O)CCOC2(CCN(Cc3cc(C)ccc3C)CC2)C1. The summed E-state index contributed by atoms with van der Waals surface area (Å²) >= 11 is 0. The van der Waals surface area contributed by atoms with Crippen molar-refractivity contribution in [1.82, 2.24) is 4.90 Å². The van der Waals surface area contributed by atoms with Crippen LogP contribution >= 0.6 is 0 Å². The van der Waals surface area contributed by atoms with Crippen LogP contribution in [0.2, 0.25) is 0 Å². The van der Waals surface area contributed by atoms with Crippen molar-refractivity contribution in [3.63, 3.8) is 0 Å². The van der Waals surface area contributed by atoms with Crippen LogP contribution in [0.4, 0.5) is 0 Å². The van der Waals surface area contributed by atoms with Crippen LogP contribution < -0.4 is 0 Å². The lowest BCUT2D eigenvalue weighted by Crippen LogP contribution is -2.55. The van der Waals surface area contributed by atoms with Gasteiger partial charge in [0.2, 0.25) is 0 Å². The summed E-state index contributed by atoms with van der Waals surface area (Å²) in [6.07, 6.45) is 3.35. The zero-order valence-corrected chi connectivity index (χ0v) is 15.3. The molecule has 1 N–H and O–H groups in total. The first kappa shape index (κ1) is 17.9. The average Bonchev–Trinajstić information content (AvgIpc) is 2.53. The molecule has 4 heteroatoms. The van der Waals surface area contributed by atoms with Crippen LogP contribution in [0, 0.1) is 13.8 Å². The van der Waals surface area contributed by atoms with Crippen molar-refractivity contribution in [1.29, 1.82) is 0 Å². The second-order valence-electron chi connectivity index (χ2n) is 7.82. The summed E-state index contributed by atoms with van der Waals surface area (Å²) in [5.74, 6) is 0. The lowest BCUT2D eigenvalue weighted by atomic mass is 9.77. The van der Waals surface area contributed by atoms with E-state index in [0.29, 0.717) is 26.1 Å². The van der Waals surface area contributed by atoms with Crippen LogP contribution in [-0.2, 0) is 16.0 Å². The molecule has 2 aliphatic rings. The first-order chi connectivity index (χ1) is 11.4. The third-order valence-electron chi connectivity index (χ3n) is 5.71. The standard InChI is InChI=1S/C20H31NO3/c1-16-4-5-17(2)18(12-16)13-21-9-6-20(7-10-21)14-19(22,15-23-3)8-11-24-20/h4-5,12,22H,6-11,13-15H2,1-3H3. The predicted molar refractivity (Wildman–Crippen MR) is 95.2 cm³/mol. The summed E-state index contributed by atoms with van der Waals surface area (Å²) in [6, 6.07) is 6.69. The zero-order chi connectivity index (χ0) is 17.2. The molecule has 3 rings (SSSR count). The molecule has 1 spiro atoms. The third-order valence-corrected chi connectivity index (χ3v) is 5.71. The first-order valence-corrected chi connectivity index (χ1v) is 9.07. The number of methoxy groups -OCH3 is 1. The van der Waals surface area contributed by atoms with E-state index in [1.165, 1.54) is 16.7 Å². The van der Waals surface area contributed by atoms with E-state index in [0.717, 1.165) is 32.5 Å². The maximum atomic E-state index is 10.7. The Hall–Kier alpha value is -0.940. The lowest BCUT2D eigenvalue weighted by molar-refractivity contribution is -0.191. The number of hydrogen-bond acceptors (Lipinski definition) is 4. The summed E-state index contributed by atoms with van der Waals surface area (Å²) in [6.45, 7) is 8.44. The molecule has 1 aromatic rings. The molecule has 2 fully saturated rings. The highest BCUT2D eigenvalue weighted by molar-refractivity contribution is 5.30. The maximum absolute atomic E-state index is 10.7. The molecule has 1 atom stereocenters. The van der Waals surface area contributed by atoms with Crippen molar-refractivity contribution in [2.24, 2.45) is 0 Å². The molecule has 0 aliphatic carbocycles. The number of rotatable bonds is 4. The van der Waals surface area contributed by atoms with E-state index < -0.39 is 5.60 Å². The number of benzene rings is 1. The Morgan fingerprint density at radius 2 is 1.96 bits per heavy atom. The highest BCUT2D eigenvalue weighted by Gasteiger charge is 2.46. The van der Waals surface area contributed by atoms with Gasteiger partial charge in [0.05, 0.1) is 24.4 Å². The van der Waals surface area contributed by atoms with Crippen molar-refractivity contribution in [3.05, 3.63) is 34.9 Å². The fourth-order valence-corrected chi connectivity index (χ4v) is 4.24. The van der Waals surface area contributed by atoms with E-state index in [9.17, 15) is 5.11 Å². The number of likely N-dealkylation sites (tertiary alicyclic amines) is 1. The minimum atomic E-state index is -0.720. The number of aryl methyl sites for hydroxylation is 2. The number of piperidine rings is 1. The Kier molecular flexibility index (Phi) is 5.30. The van der Waals surface area contributed by atoms with Crippen LogP contribution in [-0.4, -0.2) is 54.6 Å². The van der Waals surface area contributed by atoms with Gasteiger partial charge < -0.3 is 14.6 Å². The van der Waals surface area contributed by atoms with Gasteiger partial charge in [-0.15, -0.1) is 0 Å². The minimum absolute atomic E-state index is 0.163. The second kappa shape index (κ2) is 7.12. The topological polar surface area (TPSA) is 41.9 Å². The highest BCUT2D eigenvalue weighted by Crippen LogP contribution is 2.40. The normalized spacial score (nSPS) is 27.5. The van der Waals surface area contributed by atoms with Gasteiger partial charge in [-0.05, 0) is 37.8 Å². The van der Waals surface area contributed by atoms with Gasteiger partial charge in [0.1, 0.15) is 0 Å². The molecule has 0 aromatic heterocycles. The second-order valence-corrected chi connectivity index (χ2v) is 7.82. The summed E-state index contributed by atoms with van der Waals surface area (Å²) in [5.41, 5.74) is 3.23. The molecule has 2 heterocycles.